The number of piperidine rings is 1. The average Bonchev–Trinajstić information content (AvgIpc) is 2.73. The van der Waals surface area contributed by atoms with E-state index < -0.39 is 5.97 Å². The number of carboxylic acid groups (broad SMARTS) is 1. The lowest BCUT2D eigenvalue weighted by molar-refractivity contribution is 0.0696. The van der Waals surface area contributed by atoms with E-state index >= 15 is 0 Å². The van der Waals surface area contributed by atoms with Crippen LogP contribution >= 0.6 is 0 Å². The molecule has 1 unspecified atom stereocenters. The van der Waals surface area contributed by atoms with Gasteiger partial charge in [-0.15, -0.1) is 0 Å². The Bertz CT molecular complexity index is 525. The van der Waals surface area contributed by atoms with Crippen molar-refractivity contribution < 1.29 is 9.90 Å². The zero-order valence-electron chi connectivity index (χ0n) is 12.2. The number of aryl methyl sites for hydroxylation is 2. The van der Waals surface area contributed by atoms with Crippen molar-refractivity contribution in [2.45, 2.75) is 32.2 Å². The second kappa shape index (κ2) is 5.09. The number of piperazine rings is 1. The number of anilines is 1. The molecule has 6 nitrogen and oxygen atoms in total. The minimum absolute atomic E-state index is 0.358. The van der Waals surface area contributed by atoms with E-state index in [4.69, 9.17) is 0 Å². The summed E-state index contributed by atoms with van der Waals surface area (Å²) in [5, 5.41) is 13.7. The normalized spacial score (nSPS) is 23.7. The van der Waals surface area contributed by atoms with Crippen molar-refractivity contribution in [2.24, 2.45) is 7.05 Å². The molecule has 2 aliphatic rings. The summed E-state index contributed by atoms with van der Waals surface area (Å²) >= 11 is 0. The highest BCUT2D eigenvalue weighted by Crippen LogP contribution is 2.28. The molecule has 1 aromatic heterocycles. The molecule has 0 aliphatic carbocycles. The third kappa shape index (κ3) is 2.18. The number of aromatic carboxylic acids is 1. The van der Waals surface area contributed by atoms with Gasteiger partial charge in [-0.25, -0.2) is 4.79 Å². The molecule has 1 N–H and O–H groups in total. The fourth-order valence-corrected chi connectivity index (χ4v) is 3.61. The van der Waals surface area contributed by atoms with Crippen LogP contribution in [0.15, 0.2) is 0 Å². The van der Waals surface area contributed by atoms with Gasteiger partial charge >= 0.3 is 5.97 Å². The van der Waals surface area contributed by atoms with Crippen molar-refractivity contribution in [3.05, 3.63) is 11.3 Å². The summed E-state index contributed by atoms with van der Waals surface area (Å²) in [7, 11) is 1.84. The minimum atomic E-state index is -0.878. The molecule has 1 aromatic rings. The number of aromatic nitrogens is 2. The lowest BCUT2D eigenvalue weighted by Gasteiger charge is -2.44. The summed E-state index contributed by atoms with van der Waals surface area (Å²) in [6.45, 7) is 5.78. The van der Waals surface area contributed by atoms with Gasteiger partial charge < -0.3 is 10.0 Å². The molecule has 110 valence electrons. The summed E-state index contributed by atoms with van der Waals surface area (Å²) in [4.78, 5) is 16.2. The van der Waals surface area contributed by atoms with Crippen molar-refractivity contribution in [3.63, 3.8) is 0 Å². The lowest BCUT2D eigenvalue weighted by Crippen LogP contribution is -2.55. The Morgan fingerprint density at radius 3 is 2.85 bits per heavy atom. The predicted octanol–water partition coefficient (Wildman–Crippen LogP) is 1.10. The standard InChI is InChI=1S/C14H22N4O2/c1-10-12(14(19)20)13(16(2)15-10)18-8-7-17-6-4-3-5-11(17)9-18/h11H,3-9H2,1-2H3,(H,19,20). The first-order valence-corrected chi connectivity index (χ1v) is 7.34. The second-order valence-electron chi connectivity index (χ2n) is 5.84. The maximum Gasteiger partial charge on any atom is 0.341 e. The number of hydrogen-bond acceptors (Lipinski definition) is 4. The highest BCUT2D eigenvalue weighted by Gasteiger charge is 2.32. The van der Waals surface area contributed by atoms with E-state index in [1.54, 1.807) is 11.6 Å². The Morgan fingerprint density at radius 2 is 2.10 bits per heavy atom. The maximum atomic E-state index is 11.5. The molecular formula is C14H22N4O2. The van der Waals surface area contributed by atoms with Crippen LogP contribution in [0.4, 0.5) is 5.82 Å². The average molecular weight is 278 g/mol. The molecule has 0 aromatic carbocycles. The van der Waals surface area contributed by atoms with Crippen LogP contribution in [-0.2, 0) is 7.05 Å². The van der Waals surface area contributed by atoms with Crippen LogP contribution in [0.25, 0.3) is 0 Å². The van der Waals surface area contributed by atoms with Crippen LogP contribution in [0.1, 0.15) is 35.3 Å². The summed E-state index contributed by atoms with van der Waals surface area (Å²) < 4.78 is 1.72. The fourth-order valence-electron chi connectivity index (χ4n) is 3.61. The molecule has 3 rings (SSSR count). The Morgan fingerprint density at radius 1 is 1.30 bits per heavy atom. The zero-order chi connectivity index (χ0) is 14.3. The van der Waals surface area contributed by atoms with Gasteiger partial charge in [-0.1, -0.05) is 6.42 Å². The van der Waals surface area contributed by atoms with E-state index in [2.05, 4.69) is 14.9 Å². The first-order valence-electron chi connectivity index (χ1n) is 7.34. The van der Waals surface area contributed by atoms with E-state index in [9.17, 15) is 9.90 Å². The second-order valence-corrected chi connectivity index (χ2v) is 5.84. The maximum absolute atomic E-state index is 11.5. The molecule has 0 amide bonds. The number of nitrogens with zero attached hydrogens (tertiary/aromatic N) is 4. The monoisotopic (exact) mass is 278 g/mol. The first kappa shape index (κ1) is 13.4. The lowest BCUT2D eigenvalue weighted by atomic mass is 9.99. The topological polar surface area (TPSA) is 61.6 Å². The Labute approximate surface area is 119 Å². The van der Waals surface area contributed by atoms with Gasteiger partial charge in [0, 0.05) is 32.7 Å². The Balaban J connectivity index is 1.88. The molecule has 6 heteroatoms. The highest BCUT2D eigenvalue weighted by molar-refractivity contribution is 5.94. The first-order chi connectivity index (χ1) is 9.58. The number of fused-ring (bicyclic) bond motifs is 1. The van der Waals surface area contributed by atoms with Gasteiger partial charge in [0.1, 0.15) is 11.4 Å². The molecular weight excluding hydrogens is 256 g/mol. The van der Waals surface area contributed by atoms with Crippen LogP contribution in [0, 0.1) is 6.92 Å². The van der Waals surface area contributed by atoms with E-state index in [0.717, 1.165) is 25.5 Å². The van der Waals surface area contributed by atoms with Crippen molar-refractivity contribution in [3.8, 4) is 0 Å². The largest absolute Gasteiger partial charge is 0.477 e. The molecule has 1 atom stereocenters. The fraction of sp³-hybridized carbons (Fsp3) is 0.714. The summed E-state index contributed by atoms with van der Waals surface area (Å²) in [5.41, 5.74) is 0.956. The van der Waals surface area contributed by atoms with Gasteiger partial charge in [-0.05, 0) is 26.3 Å². The van der Waals surface area contributed by atoms with E-state index in [-0.39, 0.29) is 0 Å². The van der Waals surface area contributed by atoms with Gasteiger partial charge in [0.25, 0.3) is 0 Å². The van der Waals surface area contributed by atoms with Crippen molar-refractivity contribution in [1.29, 1.82) is 0 Å². The van der Waals surface area contributed by atoms with Crippen molar-refractivity contribution in [2.75, 3.05) is 31.1 Å². The zero-order valence-corrected chi connectivity index (χ0v) is 12.2. The van der Waals surface area contributed by atoms with Crippen LogP contribution in [0.5, 0.6) is 0 Å². The molecule has 0 saturated carbocycles. The van der Waals surface area contributed by atoms with E-state index in [1.165, 1.54) is 25.8 Å². The number of carbonyl (C=O) groups is 1. The highest BCUT2D eigenvalue weighted by atomic mass is 16.4. The SMILES string of the molecule is Cc1nn(C)c(N2CCN3CCCCC3C2)c1C(=O)O. The van der Waals surface area contributed by atoms with Gasteiger partial charge in [-0.2, -0.15) is 5.10 Å². The Kier molecular flexibility index (Phi) is 3.41. The Hall–Kier alpha value is -1.56. The summed E-state index contributed by atoms with van der Waals surface area (Å²) in [6, 6.07) is 0.564. The number of carboxylic acids is 1. The molecule has 0 radical (unpaired) electrons. The third-order valence-corrected chi connectivity index (χ3v) is 4.54. The van der Waals surface area contributed by atoms with Crippen LogP contribution in [0.2, 0.25) is 0 Å². The van der Waals surface area contributed by atoms with Gasteiger partial charge in [-0.3, -0.25) is 9.58 Å². The van der Waals surface area contributed by atoms with Gasteiger partial charge in [0.2, 0.25) is 0 Å². The smallest absolute Gasteiger partial charge is 0.341 e. The quantitative estimate of drug-likeness (QED) is 0.878. The van der Waals surface area contributed by atoms with Crippen molar-refractivity contribution >= 4 is 11.8 Å². The minimum Gasteiger partial charge on any atom is -0.477 e. The predicted molar refractivity (Wildman–Crippen MR) is 76.3 cm³/mol. The molecule has 2 aliphatic heterocycles. The van der Waals surface area contributed by atoms with Crippen LogP contribution in [-0.4, -0.2) is 58.0 Å². The third-order valence-electron chi connectivity index (χ3n) is 4.54. The van der Waals surface area contributed by atoms with E-state index in [1.807, 2.05) is 7.05 Å². The number of hydrogen-bond donors (Lipinski definition) is 1. The van der Waals surface area contributed by atoms with E-state index in [0.29, 0.717) is 17.3 Å². The molecule has 0 bridgehead atoms. The molecule has 2 saturated heterocycles. The molecule has 0 spiro atoms. The number of rotatable bonds is 2. The summed E-state index contributed by atoms with van der Waals surface area (Å²) in [6.07, 6.45) is 3.79. The van der Waals surface area contributed by atoms with Crippen LogP contribution < -0.4 is 4.90 Å². The van der Waals surface area contributed by atoms with Crippen LogP contribution in [0.3, 0.4) is 0 Å². The molecule has 2 fully saturated rings. The van der Waals surface area contributed by atoms with Crippen molar-refractivity contribution in [1.82, 2.24) is 14.7 Å². The molecule has 20 heavy (non-hydrogen) atoms. The van der Waals surface area contributed by atoms with Gasteiger partial charge in [0.15, 0.2) is 0 Å². The summed E-state index contributed by atoms with van der Waals surface area (Å²) in [5.74, 6) is -0.114. The molecule has 3 heterocycles. The van der Waals surface area contributed by atoms with Gasteiger partial charge in [0.05, 0.1) is 5.69 Å².